The highest BCUT2D eigenvalue weighted by Gasteiger charge is 2.34. The predicted octanol–water partition coefficient (Wildman–Crippen LogP) is 3.44. The van der Waals surface area contributed by atoms with Crippen LogP contribution in [0.5, 0.6) is 5.75 Å². The van der Waals surface area contributed by atoms with Crippen molar-refractivity contribution in [2.75, 3.05) is 0 Å². The van der Waals surface area contributed by atoms with Crippen LogP contribution < -0.4 is 4.74 Å². The minimum Gasteiger partial charge on any atom is -0.490 e. The first-order valence-electron chi connectivity index (χ1n) is 7.18. The van der Waals surface area contributed by atoms with Crippen LogP contribution in [0.1, 0.15) is 27.9 Å². The summed E-state index contributed by atoms with van der Waals surface area (Å²) in [6, 6.07) is 16.1. The minimum absolute atomic E-state index is 0.0895. The van der Waals surface area contributed by atoms with Gasteiger partial charge in [0.25, 0.3) is 0 Å². The normalized spacial score (nSPS) is 23.3. The van der Waals surface area contributed by atoms with E-state index in [0.29, 0.717) is 5.78 Å². The molecule has 4 rings (SSSR count). The Morgan fingerprint density at radius 1 is 0.950 bits per heavy atom. The van der Waals surface area contributed by atoms with Gasteiger partial charge in [0.05, 0.1) is 0 Å². The summed E-state index contributed by atoms with van der Waals surface area (Å²) in [6.45, 7) is 0. The van der Waals surface area contributed by atoms with Crippen molar-refractivity contribution < 1.29 is 9.53 Å². The molecule has 20 heavy (non-hydrogen) atoms. The van der Waals surface area contributed by atoms with Crippen molar-refractivity contribution >= 4 is 5.78 Å². The van der Waals surface area contributed by atoms with Crippen molar-refractivity contribution in [1.82, 2.24) is 0 Å². The molecule has 100 valence electrons. The minimum atomic E-state index is 0.0895. The van der Waals surface area contributed by atoms with E-state index in [-0.39, 0.29) is 12.0 Å². The smallest absolute Gasteiger partial charge is 0.166 e. The molecule has 2 aromatic rings. The molecule has 0 saturated heterocycles. The molecule has 0 bridgehead atoms. The highest BCUT2D eigenvalue weighted by Crippen LogP contribution is 2.35. The van der Waals surface area contributed by atoms with E-state index in [4.69, 9.17) is 4.74 Å². The van der Waals surface area contributed by atoms with Crippen LogP contribution in [-0.4, -0.2) is 11.9 Å². The van der Waals surface area contributed by atoms with Gasteiger partial charge < -0.3 is 4.74 Å². The summed E-state index contributed by atoms with van der Waals surface area (Å²) in [4.78, 5) is 12.4. The zero-order chi connectivity index (χ0) is 13.5. The van der Waals surface area contributed by atoms with Crippen LogP contribution in [0.15, 0.2) is 48.5 Å². The molecule has 0 fully saturated rings. The van der Waals surface area contributed by atoms with Crippen molar-refractivity contribution in [2.45, 2.75) is 25.4 Å². The third-order valence-corrected chi connectivity index (χ3v) is 4.38. The summed E-state index contributed by atoms with van der Waals surface area (Å²) < 4.78 is 5.96. The number of benzene rings is 2. The molecule has 2 nitrogen and oxygen atoms in total. The lowest BCUT2D eigenvalue weighted by atomic mass is 9.95. The van der Waals surface area contributed by atoms with E-state index >= 15 is 0 Å². The van der Waals surface area contributed by atoms with Gasteiger partial charge in [-0.15, -0.1) is 0 Å². The summed E-state index contributed by atoms with van der Waals surface area (Å²) in [7, 11) is 0. The van der Waals surface area contributed by atoms with Crippen molar-refractivity contribution in [3.63, 3.8) is 0 Å². The highest BCUT2D eigenvalue weighted by molar-refractivity contribution is 6.02. The molecular weight excluding hydrogens is 248 g/mol. The number of Topliss-reactive ketones (excluding diaryl/α,β-unsaturated/α-hetero) is 1. The second kappa shape index (κ2) is 4.48. The molecule has 1 aliphatic heterocycles. The number of hydrogen-bond donors (Lipinski definition) is 0. The zero-order valence-corrected chi connectivity index (χ0v) is 11.2. The quantitative estimate of drug-likeness (QED) is 0.830. The molecule has 2 atom stereocenters. The van der Waals surface area contributed by atoms with Crippen molar-refractivity contribution in [2.24, 2.45) is 5.92 Å². The Morgan fingerprint density at radius 2 is 1.70 bits per heavy atom. The molecule has 0 N–H and O–H groups in total. The molecule has 2 aliphatic rings. The van der Waals surface area contributed by atoms with Gasteiger partial charge in [0.2, 0.25) is 0 Å². The predicted molar refractivity (Wildman–Crippen MR) is 77.1 cm³/mol. The van der Waals surface area contributed by atoms with Gasteiger partial charge in [0, 0.05) is 17.9 Å². The van der Waals surface area contributed by atoms with Crippen molar-refractivity contribution in [3.05, 3.63) is 65.2 Å². The van der Waals surface area contributed by atoms with E-state index in [1.807, 2.05) is 36.4 Å². The number of fused-ring (bicyclic) bond motifs is 2. The third-order valence-electron chi connectivity index (χ3n) is 4.38. The van der Waals surface area contributed by atoms with Gasteiger partial charge in [-0.2, -0.15) is 0 Å². The van der Waals surface area contributed by atoms with Gasteiger partial charge in [-0.1, -0.05) is 42.5 Å². The van der Waals surface area contributed by atoms with Gasteiger partial charge >= 0.3 is 0 Å². The SMILES string of the molecule is O=C1c2ccccc2CC1CC1Cc2ccccc2O1. The Labute approximate surface area is 118 Å². The van der Waals surface area contributed by atoms with Gasteiger partial charge in [0.15, 0.2) is 5.78 Å². The average Bonchev–Trinajstić information content (AvgIpc) is 3.01. The van der Waals surface area contributed by atoms with Crippen molar-refractivity contribution in [1.29, 1.82) is 0 Å². The number of carbonyl (C=O) groups is 1. The molecule has 2 heteroatoms. The van der Waals surface area contributed by atoms with E-state index in [0.717, 1.165) is 30.6 Å². The lowest BCUT2D eigenvalue weighted by Gasteiger charge is -2.14. The maximum absolute atomic E-state index is 12.4. The molecule has 1 aliphatic carbocycles. The third kappa shape index (κ3) is 1.83. The van der Waals surface area contributed by atoms with Crippen LogP contribution in [0, 0.1) is 5.92 Å². The van der Waals surface area contributed by atoms with Gasteiger partial charge in [0.1, 0.15) is 11.9 Å². The summed E-state index contributed by atoms with van der Waals surface area (Å²) in [5, 5.41) is 0. The van der Waals surface area contributed by atoms with Gasteiger partial charge in [-0.3, -0.25) is 4.79 Å². The number of carbonyl (C=O) groups excluding carboxylic acids is 1. The molecule has 2 unspecified atom stereocenters. The summed E-state index contributed by atoms with van der Waals surface area (Å²) in [5.74, 6) is 1.37. The van der Waals surface area contributed by atoms with Crippen LogP contribution in [0.4, 0.5) is 0 Å². The number of hydrogen-bond acceptors (Lipinski definition) is 2. The first-order valence-corrected chi connectivity index (χ1v) is 7.18. The van der Waals surface area contributed by atoms with Gasteiger partial charge in [-0.05, 0) is 30.0 Å². The summed E-state index contributed by atoms with van der Waals surface area (Å²) in [6.07, 6.45) is 2.76. The molecule has 0 amide bonds. The van der Waals surface area contributed by atoms with E-state index in [9.17, 15) is 4.79 Å². The van der Waals surface area contributed by atoms with Crippen LogP contribution >= 0.6 is 0 Å². The second-order valence-electron chi connectivity index (χ2n) is 5.71. The van der Waals surface area contributed by atoms with Crippen LogP contribution in [0.2, 0.25) is 0 Å². The van der Waals surface area contributed by atoms with E-state index in [1.54, 1.807) is 0 Å². The lowest BCUT2D eigenvalue weighted by Crippen LogP contribution is -2.21. The Hall–Kier alpha value is -2.09. The molecule has 0 saturated carbocycles. The maximum Gasteiger partial charge on any atom is 0.166 e. The Balaban J connectivity index is 1.49. The molecule has 0 aromatic heterocycles. The van der Waals surface area contributed by atoms with Crippen LogP contribution in [-0.2, 0) is 12.8 Å². The number of ether oxygens (including phenoxy) is 1. The first kappa shape index (κ1) is 11.7. The molecule has 0 spiro atoms. The largest absolute Gasteiger partial charge is 0.490 e. The molecule has 1 heterocycles. The fourth-order valence-electron chi connectivity index (χ4n) is 3.41. The molecule has 2 aromatic carbocycles. The second-order valence-corrected chi connectivity index (χ2v) is 5.71. The maximum atomic E-state index is 12.4. The zero-order valence-electron chi connectivity index (χ0n) is 11.2. The van der Waals surface area contributed by atoms with Gasteiger partial charge in [-0.25, -0.2) is 0 Å². The standard InChI is InChI=1S/C18H16O2/c19-18-14(9-12-5-1-3-7-16(12)18)11-15-10-13-6-2-4-8-17(13)20-15/h1-8,14-15H,9-11H2. The van der Waals surface area contributed by atoms with Crippen LogP contribution in [0.3, 0.4) is 0 Å². The average molecular weight is 264 g/mol. The number of para-hydroxylation sites is 1. The van der Waals surface area contributed by atoms with E-state index < -0.39 is 0 Å². The number of rotatable bonds is 2. The topological polar surface area (TPSA) is 26.3 Å². The summed E-state index contributed by atoms with van der Waals surface area (Å²) in [5.41, 5.74) is 3.37. The molecule has 0 radical (unpaired) electrons. The Kier molecular flexibility index (Phi) is 2.62. The van der Waals surface area contributed by atoms with E-state index in [2.05, 4.69) is 12.1 Å². The van der Waals surface area contributed by atoms with Crippen LogP contribution in [0.25, 0.3) is 0 Å². The Morgan fingerprint density at radius 3 is 2.50 bits per heavy atom. The highest BCUT2D eigenvalue weighted by atomic mass is 16.5. The number of ketones is 1. The first-order chi connectivity index (χ1) is 9.81. The fraction of sp³-hybridized carbons (Fsp3) is 0.278. The fourth-order valence-corrected chi connectivity index (χ4v) is 3.41. The summed E-state index contributed by atoms with van der Waals surface area (Å²) >= 11 is 0. The van der Waals surface area contributed by atoms with Crippen molar-refractivity contribution in [3.8, 4) is 5.75 Å². The lowest BCUT2D eigenvalue weighted by molar-refractivity contribution is 0.0892. The van der Waals surface area contributed by atoms with E-state index in [1.165, 1.54) is 11.1 Å². The monoisotopic (exact) mass is 264 g/mol. The molecular formula is C18H16O2. The Bertz CT molecular complexity index is 650.